The lowest BCUT2D eigenvalue weighted by Gasteiger charge is -2.23. The smallest absolute Gasteiger partial charge is 0.290 e. The van der Waals surface area contributed by atoms with Crippen LogP contribution in [0.3, 0.4) is 0 Å². The molecule has 0 saturated heterocycles. The van der Waals surface area contributed by atoms with Gasteiger partial charge in [0.25, 0.3) is 5.69 Å². The summed E-state index contributed by atoms with van der Waals surface area (Å²) in [7, 11) is -3.20. The molecule has 0 amide bonds. The Balaban J connectivity index is 2.86. The van der Waals surface area contributed by atoms with E-state index >= 15 is 0 Å². The quantitative estimate of drug-likeness (QED) is 0.651. The lowest BCUT2D eigenvalue weighted by atomic mass is 10.2. The molecule has 0 unspecified atom stereocenters. The fourth-order valence-corrected chi connectivity index (χ4v) is 1.61. The Morgan fingerprint density at radius 1 is 1.47 bits per heavy atom. The third kappa shape index (κ3) is 3.63. The van der Waals surface area contributed by atoms with Crippen LogP contribution in [0.2, 0.25) is 0 Å². The molecule has 0 fully saturated rings. The van der Waals surface area contributed by atoms with Crippen LogP contribution in [0.15, 0.2) is 12.3 Å². The van der Waals surface area contributed by atoms with Crippen LogP contribution >= 0.6 is 0 Å². The summed E-state index contributed by atoms with van der Waals surface area (Å²) in [5.74, 6) is 0.417. The summed E-state index contributed by atoms with van der Waals surface area (Å²) >= 11 is 0. The molecular weight excluding hydrogens is 270 g/mol. The van der Waals surface area contributed by atoms with Gasteiger partial charge in [-0.1, -0.05) is 0 Å². The van der Waals surface area contributed by atoms with E-state index in [0.29, 0.717) is 11.4 Å². The Morgan fingerprint density at radius 3 is 2.47 bits per heavy atom. The third-order valence-electron chi connectivity index (χ3n) is 2.98. The van der Waals surface area contributed by atoms with E-state index in [1.54, 1.807) is 20.8 Å². The average molecular weight is 287 g/mol. The van der Waals surface area contributed by atoms with Gasteiger partial charge in [0.1, 0.15) is 12.0 Å². The molecule has 0 bridgehead atoms. The molecule has 0 atom stereocenters. The van der Waals surface area contributed by atoms with Crippen LogP contribution in [0.25, 0.3) is 0 Å². The molecule has 8 heteroatoms. The highest BCUT2D eigenvalue weighted by Crippen LogP contribution is 2.20. The molecule has 1 aromatic heterocycles. The molecule has 0 radical (unpaired) electrons. The van der Waals surface area contributed by atoms with Crippen molar-refractivity contribution < 1.29 is 13.3 Å². The monoisotopic (exact) mass is 287 g/mol. The number of nitro groups is 1. The molecule has 106 valence electrons. The van der Waals surface area contributed by atoms with Gasteiger partial charge in [-0.25, -0.2) is 13.4 Å². The number of hydrogen-bond acceptors (Lipinski definition) is 6. The van der Waals surface area contributed by atoms with Gasteiger partial charge in [0.2, 0.25) is 0 Å². The van der Waals surface area contributed by atoms with Crippen LogP contribution in [0.1, 0.15) is 19.4 Å². The number of anilines is 1. The Bertz CT molecular complexity index is 596. The Hall–Kier alpha value is -1.70. The highest BCUT2D eigenvalue weighted by molar-refractivity contribution is 7.92. The molecular formula is C11H17N3O4S. The zero-order valence-electron chi connectivity index (χ0n) is 11.3. The molecule has 0 aromatic carbocycles. The second kappa shape index (κ2) is 5.12. The number of aryl methyl sites for hydroxylation is 1. The van der Waals surface area contributed by atoms with E-state index in [-0.39, 0.29) is 12.2 Å². The lowest BCUT2D eigenvalue weighted by molar-refractivity contribution is -0.385. The summed E-state index contributed by atoms with van der Waals surface area (Å²) in [5.41, 5.74) is 0.410. The van der Waals surface area contributed by atoms with Crippen molar-refractivity contribution in [3.63, 3.8) is 0 Å². The van der Waals surface area contributed by atoms with Crippen molar-refractivity contribution in [3.8, 4) is 0 Å². The molecule has 0 aliphatic heterocycles. The summed E-state index contributed by atoms with van der Waals surface area (Å²) in [6.45, 7) is 4.99. The lowest BCUT2D eigenvalue weighted by Crippen LogP contribution is -2.38. The van der Waals surface area contributed by atoms with Crippen molar-refractivity contribution in [1.29, 1.82) is 0 Å². The molecule has 1 heterocycles. The van der Waals surface area contributed by atoms with Gasteiger partial charge in [-0.2, -0.15) is 0 Å². The van der Waals surface area contributed by atoms with Crippen molar-refractivity contribution in [3.05, 3.63) is 27.9 Å². The summed E-state index contributed by atoms with van der Waals surface area (Å²) in [6.07, 6.45) is 2.33. The number of hydrogen-bond donors (Lipinski definition) is 1. The number of nitrogens with one attached hydrogen (secondary N) is 1. The van der Waals surface area contributed by atoms with Gasteiger partial charge in [0.15, 0.2) is 9.84 Å². The second-order valence-electron chi connectivity index (χ2n) is 5.00. The first-order valence-corrected chi connectivity index (χ1v) is 7.48. The van der Waals surface area contributed by atoms with Crippen LogP contribution in [0, 0.1) is 17.0 Å². The van der Waals surface area contributed by atoms with Crippen molar-refractivity contribution in [1.82, 2.24) is 4.98 Å². The van der Waals surface area contributed by atoms with Crippen molar-refractivity contribution in [2.45, 2.75) is 25.5 Å². The van der Waals surface area contributed by atoms with Crippen molar-refractivity contribution in [2.75, 3.05) is 18.1 Å². The van der Waals surface area contributed by atoms with Gasteiger partial charge in [-0.05, 0) is 26.8 Å². The average Bonchev–Trinajstić information content (AvgIpc) is 2.24. The minimum Gasteiger partial charge on any atom is -0.368 e. The van der Waals surface area contributed by atoms with E-state index in [1.165, 1.54) is 12.3 Å². The van der Waals surface area contributed by atoms with Gasteiger partial charge in [-0.15, -0.1) is 0 Å². The summed E-state index contributed by atoms with van der Waals surface area (Å²) in [4.78, 5) is 14.0. The summed E-state index contributed by atoms with van der Waals surface area (Å²) in [6, 6.07) is 1.52. The van der Waals surface area contributed by atoms with Crippen molar-refractivity contribution in [2.24, 2.45) is 0 Å². The first kappa shape index (κ1) is 15.4. The highest BCUT2D eigenvalue weighted by atomic mass is 32.2. The van der Waals surface area contributed by atoms with Crippen LogP contribution in [0.4, 0.5) is 11.5 Å². The van der Waals surface area contributed by atoms with Gasteiger partial charge >= 0.3 is 0 Å². The van der Waals surface area contributed by atoms with Crippen LogP contribution in [0.5, 0.6) is 0 Å². The normalized spacial score (nSPS) is 12.2. The fraction of sp³-hybridized carbons (Fsp3) is 0.545. The maximum Gasteiger partial charge on any atom is 0.290 e. The SMILES string of the molecule is Cc1cc(NCC(C)(C)S(C)(=O)=O)ncc1[N+](=O)[O-]. The summed E-state index contributed by atoms with van der Waals surface area (Å²) < 4.78 is 22.1. The second-order valence-corrected chi connectivity index (χ2v) is 7.65. The molecule has 0 aliphatic carbocycles. The third-order valence-corrected chi connectivity index (χ3v) is 5.13. The molecule has 7 nitrogen and oxygen atoms in total. The molecule has 0 saturated carbocycles. The standard InChI is InChI=1S/C11H17N3O4S/c1-8-5-10(12-6-9(8)14(15)16)13-7-11(2,3)19(4,17)18/h5-6H,7H2,1-4H3,(H,12,13). The molecule has 0 spiro atoms. The van der Waals surface area contributed by atoms with E-state index < -0.39 is 19.5 Å². The number of sulfone groups is 1. The minimum absolute atomic E-state index is 0.0621. The van der Waals surface area contributed by atoms with E-state index in [0.717, 1.165) is 6.20 Å². The van der Waals surface area contributed by atoms with Crippen LogP contribution in [-0.2, 0) is 9.84 Å². The molecule has 1 aromatic rings. The molecule has 0 aliphatic rings. The van der Waals surface area contributed by atoms with Crippen LogP contribution in [-0.4, -0.2) is 35.9 Å². The van der Waals surface area contributed by atoms with Gasteiger partial charge in [0.05, 0.1) is 9.67 Å². The summed E-state index contributed by atoms with van der Waals surface area (Å²) in [5, 5.41) is 13.5. The van der Waals surface area contributed by atoms with Gasteiger partial charge in [-0.3, -0.25) is 10.1 Å². The number of rotatable bonds is 5. The molecule has 19 heavy (non-hydrogen) atoms. The van der Waals surface area contributed by atoms with Gasteiger partial charge < -0.3 is 5.32 Å². The molecule has 1 N–H and O–H groups in total. The number of pyridine rings is 1. The number of nitrogens with zero attached hydrogens (tertiary/aromatic N) is 2. The number of aromatic nitrogens is 1. The van der Waals surface area contributed by atoms with Crippen molar-refractivity contribution >= 4 is 21.3 Å². The Morgan fingerprint density at radius 2 is 2.05 bits per heavy atom. The zero-order valence-corrected chi connectivity index (χ0v) is 12.1. The first-order valence-electron chi connectivity index (χ1n) is 5.59. The minimum atomic E-state index is -3.20. The van der Waals surface area contributed by atoms with Crippen LogP contribution < -0.4 is 5.32 Å². The van der Waals surface area contributed by atoms with E-state index in [9.17, 15) is 18.5 Å². The maximum absolute atomic E-state index is 11.5. The Labute approximate surface area is 112 Å². The van der Waals surface area contributed by atoms with Gasteiger partial charge in [0, 0.05) is 18.4 Å². The Kier molecular flexibility index (Phi) is 4.14. The van der Waals surface area contributed by atoms with E-state index in [2.05, 4.69) is 10.3 Å². The predicted molar refractivity (Wildman–Crippen MR) is 73.0 cm³/mol. The fourth-order valence-electron chi connectivity index (χ4n) is 1.27. The van der Waals surface area contributed by atoms with E-state index in [1.807, 2.05) is 0 Å². The largest absolute Gasteiger partial charge is 0.368 e. The highest BCUT2D eigenvalue weighted by Gasteiger charge is 2.30. The topological polar surface area (TPSA) is 102 Å². The maximum atomic E-state index is 11.5. The zero-order chi connectivity index (χ0) is 14.8. The van der Waals surface area contributed by atoms with E-state index in [4.69, 9.17) is 0 Å². The first-order chi connectivity index (χ1) is 8.54. The predicted octanol–water partition coefficient (Wildman–Crippen LogP) is 1.53. The molecule has 1 rings (SSSR count).